The van der Waals surface area contributed by atoms with Crippen molar-refractivity contribution in [3.63, 3.8) is 0 Å². The monoisotopic (exact) mass is 299 g/mol. The molecule has 0 saturated carbocycles. The molecule has 0 aliphatic carbocycles. The van der Waals surface area contributed by atoms with E-state index < -0.39 is 0 Å². The molecule has 3 nitrogen and oxygen atoms in total. The smallest absolute Gasteiger partial charge is 0.161 e. The van der Waals surface area contributed by atoms with Crippen LogP contribution in [-0.4, -0.2) is 7.11 Å². The van der Waals surface area contributed by atoms with Crippen LogP contribution in [0, 0.1) is 0 Å². The Labute approximate surface area is 127 Å². The summed E-state index contributed by atoms with van der Waals surface area (Å²) < 4.78 is 12.4. The second-order valence-corrected chi connectivity index (χ2v) is 5.83. The maximum atomic E-state index is 5.87. The van der Waals surface area contributed by atoms with Crippen LogP contribution in [0.2, 0.25) is 0 Å². The van der Waals surface area contributed by atoms with Crippen LogP contribution in [0.25, 0.3) is 10.1 Å². The Kier molecular flexibility index (Phi) is 4.08. The number of benzene rings is 2. The number of methoxy groups -OCH3 is 1. The summed E-state index contributed by atoms with van der Waals surface area (Å²) in [5.74, 6) is 1.51. The van der Waals surface area contributed by atoms with Gasteiger partial charge in [-0.1, -0.05) is 30.3 Å². The van der Waals surface area contributed by atoms with E-state index in [1.54, 1.807) is 18.4 Å². The lowest BCUT2D eigenvalue weighted by molar-refractivity contribution is 0.287. The van der Waals surface area contributed by atoms with Crippen molar-refractivity contribution in [1.82, 2.24) is 0 Å². The van der Waals surface area contributed by atoms with Crippen molar-refractivity contribution in [2.75, 3.05) is 7.11 Å². The van der Waals surface area contributed by atoms with Crippen LogP contribution in [0.3, 0.4) is 0 Å². The Morgan fingerprint density at radius 1 is 1.05 bits per heavy atom. The van der Waals surface area contributed by atoms with Crippen LogP contribution >= 0.6 is 11.3 Å². The minimum atomic E-state index is 0.531. The first-order valence-electron chi connectivity index (χ1n) is 6.78. The highest BCUT2D eigenvalue weighted by Gasteiger charge is 2.07. The maximum absolute atomic E-state index is 5.87. The van der Waals surface area contributed by atoms with Crippen LogP contribution in [0.15, 0.2) is 48.5 Å². The fourth-order valence-corrected chi connectivity index (χ4v) is 3.39. The van der Waals surface area contributed by atoms with Crippen LogP contribution < -0.4 is 15.2 Å². The molecule has 2 aromatic carbocycles. The van der Waals surface area contributed by atoms with Gasteiger partial charge in [0, 0.05) is 16.1 Å². The van der Waals surface area contributed by atoms with E-state index in [2.05, 4.69) is 18.2 Å². The fraction of sp³-hybridized carbons (Fsp3) is 0.176. The van der Waals surface area contributed by atoms with Gasteiger partial charge in [-0.05, 0) is 29.1 Å². The van der Waals surface area contributed by atoms with Gasteiger partial charge in [0.15, 0.2) is 11.5 Å². The highest BCUT2D eigenvalue weighted by molar-refractivity contribution is 7.19. The third-order valence-electron chi connectivity index (χ3n) is 3.34. The molecule has 0 saturated heterocycles. The molecule has 21 heavy (non-hydrogen) atoms. The molecule has 3 rings (SSSR count). The van der Waals surface area contributed by atoms with Gasteiger partial charge < -0.3 is 15.2 Å². The van der Waals surface area contributed by atoms with Gasteiger partial charge in [0.1, 0.15) is 6.61 Å². The SMILES string of the molecule is COc1ccccc1OCc1cc2cccc(CN)c2s1. The van der Waals surface area contributed by atoms with Gasteiger partial charge in [-0.2, -0.15) is 0 Å². The van der Waals surface area contributed by atoms with E-state index in [0.717, 1.165) is 11.5 Å². The van der Waals surface area contributed by atoms with E-state index in [0.29, 0.717) is 13.2 Å². The number of hydrogen-bond donors (Lipinski definition) is 1. The predicted octanol–water partition coefficient (Wildman–Crippen LogP) is 3.95. The average Bonchev–Trinajstić information content (AvgIpc) is 2.96. The lowest BCUT2D eigenvalue weighted by atomic mass is 10.1. The molecule has 1 aromatic heterocycles. The van der Waals surface area contributed by atoms with Crippen LogP contribution in [0.1, 0.15) is 10.4 Å². The molecular weight excluding hydrogens is 282 g/mol. The molecule has 3 aromatic rings. The summed E-state index contributed by atoms with van der Waals surface area (Å²) in [5, 5.41) is 1.22. The molecule has 0 aliphatic heterocycles. The van der Waals surface area contributed by atoms with E-state index in [4.69, 9.17) is 15.2 Å². The number of hydrogen-bond acceptors (Lipinski definition) is 4. The molecule has 2 N–H and O–H groups in total. The summed E-state index contributed by atoms with van der Waals surface area (Å²) in [7, 11) is 1.65. The third-order valence-corrected chi connectivity index (χ3v) is 4.54. The molecule has 1 heterocycles. The molecule has 0 atom stereocenters. The Bertz CT molecular complexity index is 751. The van der Waals surface area contributed by atoms with Gasteiger partial charge in [-0.15, -0.1) is 11.3 Å². The summed E-state index contributed by atoms with van der Waals surface area (Å²) in [6.07, 6.45) is 0. The number of para-hydroxylation sites is 2. The minimum absolute atomic E-state index is 0.531. The molecule has 0 aliphatic rings. The molecule has 108 valence electrons. The molecule has 4 heteroatoms. The van der Waals surface area contributed by atoms with Crippen LogP contribution in [0.5, 0.6) is 11.5 Å². The molecule has 0 fully saturated rings. The van der Waals surface area contributed by atoms with Gasteiger partial charge in [-0.3, -0.25) is 0 Å². The van der Waals surface area contributed by atoms with Gasteiger partial charge in [0.25, 0.3) is 0 Å². The van der Waals surface area contributed by atoms with Crippen molar-refractivity contribution >= 4 is 21.4 Å². The van der Waals surface area contributed by atoms with E-state index in [9.17, 15) is 0 Å². The van der Waals surface area contributed by atoms with Crippen molar-refractivity contribution in [3.8, 4) is 11.5 Å². The zero-order valence-electron chi connectivity index (χ0n) is 11.8. The lowest BCUT2D eigenvalue weighted by Gasteiger charge is -2.08. The van der Waals surface area contributed by atoms with E-state index in [1.165, 1.54) is 20.5 Å². The van der Waals surface area contributed by atoms with Gasteiger partial charge >= 0.3 is 0 Å². The van der Waals surface area contributed by atoms with E-state index in [1.807, 2.05) is 30.3 Å². The second-order valence-electron chi connectivity index (χ2n) is 4.69. The Morgan fingerprint density at radius 3 is 2.62 bits per heavy atom. The summed E-state index contributed by atoms with van der Waals surface area (Å²) in [6, 6.07) is 16.1. The summed E-state index contributed by atoms with van der Waals surface area (Å²) in [6.45, 7) is 1.09. The van der Waals surface area contributed by atoms with E-state index >= 15 is 0 Å². The Morgan fingerprint density at radius 2 is 1.86 bits per heavy atom. The number of ether oxygens (including phenoxy) is 2. The largest absolute Gasteiger partial charge is 0.493 e. The lowest BCUT2D eigenvalue weighted by Crippen LogP contribution is -1.95. The summed E-state index contributed by atoms with van der Waals surface area (Å²) >= 11 is 1.74. The van der Waals surface area contributed by atoms with Crippen molar-refractivity contribution in [3.05, 3.63) is 59.0 Å². The second kappa shape index (κ2) is 6.16. The zero-order valence-corrected chi connectivity index (χ0v) is 12.7. The van der Waals surface area contributed by atoms with Gasteiger partial charge in [-0.25, -0.2) is 0 Å². The predicted molar refractivity (Wildman–Crippen MR) is 87.0 cm³/mol. The number of nitrogens with two attached hydrogens (primary N) is 1. The topological polar surface area (TPSA) is 44.5 Å². The summed E-state index contributed by atoms with van der Waals surface area (Å²) in [5.41, 5.74) is 6.97. The number of thiophene rings is 1. The quantitative estimate of drug-likeness (QED) is 0.776. The number of rotatable bonds is 5. The standard InChI is InChI=1S/C17H17NO2S/c1-19-15-7-2-3-8-16(15)20-11-14-9-12-5-4-6-13(10-18)17(12)21-14/h2-9H,10-11,18H2,1H3. The molecular formula is C17H17NO2S. The summed E-state index contributed by atoms with van der Waals surface area (Å²) in [4.78, 5) is 1.18. The van der Waals surface area contributed by atoms with Crippen molar-refractivity contribution in [2.45, 2.75) is 13.2 Å². The normalized spacial score (nSPS) is 10.8. The molecule has 0 spiro atoms. The molecule has 0 unspecified atom stereocenters. The first-order valence-corrected chi connectivity index (χ1v) is 7.59. The van der Waals surface area contributed by atoms with Crippen molar-refractivity contribution in [1.29, 1.82) is 0 Å². The van der Waals surface area contributed by atoms with Crippen LogP contribution in [0.4, 0.5) is 0 Å². The van der Waals surface area contributed by atoms with E-state index in [-0.39, 0.29) is 0 Å². The Hall–Kier alpha value is -2.04. The van der Waals surface area contributed by atoms with Gasteiger partial charge in [0.05, 0.1) is 7.11 Å². The first-order chi connectivity index (χ1) is 10.3. The number of fused-ring (bicyclic) bond motifs is 1. The van der Waals surface area contributed by atoms with Gasteiger partial charge in [0.2, 0.25) is 0 Å². The maximum Gasteiger partial charge on any atom is 0.161 e. The van der Waals surface area contributed by atoms with Crippen LogP contribution in [-0.2, 0) is 13.2 Å². The van der Waals surface area contributed by atoms with Crippen molar-refractivity contribution in [2.24, 2.45) is 5.73 Å². The minimum Gasteiger partial charge on any atom is -0.493 e. The molecule has 0 radical (unpaired) electrons. The molecule has 0 bridgehead atoms. The fourth-order valence-electron chi connectivity index (χ4n) is 2.30. The first kappa shape index (κ1) is 13.9. The Balaban J connectivity index is 1.82. The third kappa shape index (κ3) is 2.86. The zero-order chi connectivity index (χ0) is 14.7. The average molecular weight is 299 g/mol. The molecule has 0 amide bonds. The van der Waals surface area contributed by atoms with Crippen molar-refractivity contribution < 1.29 is 9.47 Å². The highest BCUT2D eigenvalue weighted by Crippen LogP contribution is 2.31. The highest BCUT2D eigenvalue weighted by atomic mass is 32.1.